The third kappa shape index (κ3) is 4.05. The fourth-order valence-electron chi connectivity index (χ4n) is 6.12. The van der Waals surface area contributed by atoms with Crippen LogP contribution in [0.2, 0.25) is 0 Å². The summed E-state index contributed by atoms with van der Waals surface area (Å²) in [5.41, 5.74) is 5.05. The van der Waals surface area contributed by atoms with Gasteiger partial charge in [0.05, 0.1) is 12.6 Å². The highest BCUT2D eigenvalue weighted by Gasteiger charge is 2.32. The predicted octanol–water partition coefficient (Wildman–Crippen LogP) is 5.20. The minimum absolute atomic E-state index is 0.281. The molecule has 2 atom stereocenters. The van der Waals surface area contributed by atoms with E-state index in [2.05, 4.69) is 22.3 Å². The number of fused-ring (bicyclic) bond motifs is 2. The molecule has 3 aliphatic carbocycles. The van der Waals surface area contributed by atoms with Crippen molar-refractivity contribution in [3.05, 3.63) is 23.4 Å². The number of rotatable bonds is 8. The molecule has 2 aromatic rings. The maximum atomic E-state index is 6.68. The van der Waals surface area contributed by atoms with E-state index in [0.717, 1.165) is 48.7 Å². The van der Waals surface area contributed by atoms with Crippen LogP contribution in [0, 0.1) is 11.8 Å². The Balaban J connectivity index is 1.30. The topological polar surface area (TPSA) is 46.6 Å². The highest BCUT2D eigenvalue weighted by molar-refractivity contribution is 5.96. The molecule has 4 aliphatic rings. The zero-order valence-electron chi connectivity index (χ0n) is 19.5. The van der Waals surface area contributed by atoms with Gasteiger partial charge in [-0.05, 0) is 94.8 Å². The maximum Gasteiger partial charge on any atom is 0.163 e. The molecular weight excluding hydrogens is 398 g/mol. The van der Waals surface area contributed by atoms with E-state index < -0.39 is 0 Å². The highest BCUT2D eigenvalue weighted by atomic mass is 16.5. The lowest BCUT2D eigenvalue weighted by Crippen LogP contribution is -2.33. The number of hydrogen-bond donors (Lipinski definition) is 1. The summed E-state index contributed by atoms with van der Waals surface area (Å²) in [6.45, 7) is 4.77. The van der Waals surface area contributed by atoms with E-state index in [1.807, 2.05) is 0 Å². The van der Waals surface area contributed by atoms with Crippen LogP contribution in [0.5, 0.6) is 11.5 Å². The van der Waals surface area contributed by atoms with Gasteiger partial charge in [0.25, 0.3) is 0 Å². The Morgan fingerprint density at radius 1 is 1.00 bits per heavy atom. The third-order valence-corrected chi connectivity index (χ3v) is 8.12. The van der Waals surface area contributed by atoms with Gasteiger partial charge in [0.2, 0.25) is 0 Å². The van der Waals surface area contributed by atoms with Crippen LogP contribution in [0.3, 0.4) is 0 Å². The van der Waals surface area contributed by atoms with Crippen LogP contribution in [0.4, 0.5) is 5.69 Å². The summed E-state index contributed by atoms with van der Waals surface area (Å²) in [5, 5.41) is 4.99. The van der Waals surface area contributed by atoms with Crippen molar-refractivity contribution in [3.8, 4) is 11.5 Å². The van der Waals surface area contributed by atoms with Crippen LogP contribution in [0.15, 0.2) is 12.1 Å². The second kappa shape index (κ2) is 8.74. The molecule has 0 spiro atoms. The molecule has 1 N–H and O–H groups in total. The first-order chi connectivity index (χ1) is 15.8. The Morgan fingerprint density at radius 3 is 2.69 bits per heavy atom. The van der Waals surface area contributed by atoms with Gasteiger partial charge in [-0.3, -0.25) is 4.98 Å². The number of hydrogen-bond acceptors (Lipinski definition) is 5. The molecule has 5 nitrogen and oxygen atoms in total. The predicted molar refractivity (Wildman–Crippen MR) is 129 cm³/mol. The number of likely N-dealkylation sites (tertiary alicyclic amines) is 1. The number of anilines is 1. The van der Waals surface area contributed by atoms with E-state index in [9.17, 15) is 0 Å². The van der Waals surface area contributed by atoms with Crippen molar-refractivity contribution in [2.24, 2.45) is 11.8 Å². The summed E-state index contributed by atoms with van der Waals surface area (Å²) in [4.78, 5) is 7.72. The van der Waals surface area contributed by atoms with Gasteiger partial charge in [-0.1, -0.05) is 0 Å². The Labute approximate surface area is 191 Å². The van der Waals surface area contributed by atoms with Crippen LogP contribution < -0.4 is 14.8 Å². The van der Waals surface area contributed by atoms with Gasteiger partial charge in [0.15, 0.2) is 11.5 Å². The maximum absolute atomic E-state index is 6.68. The van der Waals surface area contributed by atoms with Crippen LogP contribution in [-0.2, 0) is 12.8 Å². The Bertz CT molecular complexity index is 981. The van der Waals surface area contributed by atoms with E-state index >= 15 is 0 Å². The van der Waals surface area contributed by atoms with Gasteiger partial charge in [0, 0.05) is 41.8 Å². The average Bonchev–Trinajstić information content (AvgIpc) is 3.16. The number of nitrogens with one attached hydrogen (secondary N) is 1. The first kappa shape index (κ1) is 20.6. The van der Waals surface area contributed by atoms with Crippen molar-refractivity contribution in [2.45, 2.75) is 70.3 Å². The molecule has 2 heterocycles. The summed E-state index contributed by atoms with van der Waals surface area (Å²) in [6, 6.07) is 4.33. The molecule has 5 heteroatoms. The van der Waals surface area contributed by atoms with Crippen LogP contribution >= 0.6 is 0 Å². The monoisotopic (exact) mass is 435 g/mol. The van der Waals surface area contributed by atoms with Crippen molar-refractivity contribution in [3.63, 3.8) is 0 Å². The quantitative estimate of drug-likeness (QED) is 0.618. The molecule has 1 saturated heterocycles. The van der Waals surface area contributed by atoms with E-state index in [0.29, 0.717) is 5.92 Å². The molecule has 0 amide bonds. The lowest BCUT2D eigenvalue weighted by Gasteiger charge is -2.26. The second-order valence-electron chi connectivity index (χ2n) is 10.5. The third-order valence-electron chi connectivity index (χ3n) is 8.12. The van der Waals surface area contributed by atoms with Gasteiger partial charge in [-0.25, -0.2) is 0 Å². The number of nitrogens with zero attached hydrogens (tertiary/aromatic N) is 2. The standard InChI is InChI=1S/C27H37N3O2/c1-31-25-14-21-23(29-22-8-5-7-20(22)27(21)28-16-18-10-11-18)15-26(25)32-24-9-4-6-19(24)17-30-12-2-3-13-30/h14-15,18-19,24H,2-13,16-17H2,1H3,(H,28,29). The second-order valence-corrected chi connectivity index (χ2v) is 10.5. The lowest BCUT2D eigenvalue weighted by molar-refractivity contribution is 0.127. The lowest BCUT2D eigenvalue weighted by atomic mass is 10.0. The minimum Gasteiger partial charge on any atom is -0.493 e. The first-order valence-corrected chi connectivity index (χ1v) is 12.9. The van der Waals surface area contributed by atoms with E-state index in [4.69, 9.17) is 14.5 Å². The van der Waals surface area contributed by atoms with Crippen molar-refractivity contribution in [1.82, 2.24) is 9.88 Å². The molecule has 1 aromatic heterocycles. The fraction of sp³-hybridized carbons (Fsp3) is 0.667. The first-order valence-electron chi connectivity index (χ1n) is 12.9. The molecule has 0 radical (unpaired) electrons. The summed E-state index contributed by atoms with van der Waals surface area (Å²) >= 11 is 0. The number of aromatic nitrogens is 1. The zero-order chi connectivity index (χ0) is 21.5. The van der Waals surface area contributed by atoms with Crippen LogP contribution in [-0.4, -0.2) is 49.3 Å². The Hall–Kier alpha value is -2.01. The number of ether oxygens (including phenoxy) is 2. The molecular formula is C27H37N3O2. The molecule has 1 aromatic carbocycles. The normalized spacial score (nSPS) is 25.4. The summed E-state index contributed by atoms with van der Waals surface area (Å²) in [6.07, 6.45) is 12.8. The molecule has 3 fully saturated rings. The number of aryl methyl sites for hydroxylation is 1. The molecule has 6 rings (SSSR count). The molecule has 1 aliphatic heterocycles. The SMILES string of the molecule is COc1cc2c(NCC3CC3)c3c(nc2cc1OC1CCCC1CN1CCCC1)CCC3. The van der Waals surface area contributed by atoms with E-state index in [1.54, 1.807) is 7.11 Å². The Kier molecular flexibility index (Phi) is 5.62. The van der Waals surface area contributed by atoms with Gasteiger partial charge in [-0.2, -0.15) is 0 Å². The van der Waals surface area contributed by atoms with Crippen LogP contribution in [0.1, 0.15) is 62.6 Å². The van der Waals surface area contributed by atoms with Crippen molar-refractivity contribution >= 4 is 16.6 Å². The number of methoxy groups -OCH3 is 1. The number of pyridine rings is 1. The fourth-order valence-corrected chi connectivity index (χ4v) is 6.12. The van der Waals surface area contributed by atoms with Crippen molar-refractivity contribution in [2.75, 3.05) is 38.6 Å². The smallest absolute Gasteiger partial charge is 0.163 e. The van der Waals surface area contributed by atoms with Gasteiger partial charge >= 0.3 is 0 Å². The zero-order valence-corrected chi connectivity index (χ0v) is 19.5. The van der Waals surface area contributed by atoms with E-state index in [1.165, 1.54) is 86.9 Å². The molecule has 2 unspecified atom stereocenters. The van der Waals surface area contributed by atoms with Crippen molar-refractivity contribution in [1.29, 1.82) is 0 Å². The van der Waals surface area contributed by atoms with E-state index in [-0.39, 0.29) is 6.10 Å². The summed E-state index contributed by atoms with van der Waals surface area (Å²) in [5.74, 6) is 3.18. The minimum atomic E-state index is 0.281. The van der Waals surface area contributed by atoms with Gasteiger partial charge < -0.3 is 19.7 Å². The largest absolute Gasteiger partial charge is 0.493 e. The molecule has 172 valence electrons. The Morgan fingerprint density at radius 2 is 1.88 bits per heavy atom. The van der Waals surface area contributed by atoms with Crippen LogP contribution in [0.25, 0.3) is 10.9 Å². The van der Waals surface area contributed by atoms with Crippen molar-refractivity contribution < 1.29 is 9.47 Å². The summed E-state index contributed by atoms with van der Waals surface area (Å²) < 4.78 is 12.5. The molecule has 2 saturated carbocycles. The average molecular weight is 436 g/mol. The summed E-state index contributed by atoms with van der Waals surface area (Å²) in [7, 11) is 1.77. The highest BCUT2D eigenvalue weighted by Crippen LogP contribution is 2.42. The molecule has 32 heavy (non-hydrogen) atoms. The van der Waals surface area contributed by atoms with Gasteiger partial charge in [-0.15, -0.1) is 0 Å². The number of benzene rings is 1. The van der Waals surface area contributed by atoms with Gasteiger partial charge in [0.1, 0.15) is 6.10 Å². The molecule has 0 bridgehead atoms.